The molecule has 1 aliphatic heterocycles. The van der Waals surface area contributed by atoms with E-state index in [0.29, 0.717) is 11.8 Å². The first-order chi connectivity index (χ1) is 21.3. The molecule has 0 saturated heterocycles. The van der Waals surface area contributed by atoms with E-state index < -0.39 is 0 Å². The Labute approximate surface area is 252 Å². The van der Waals surface area contributed by atoms with Gasteiger partial charge < -0.3 is 5.32 Å². The summed E-state index contributed by atoms with van der Waals surface area (Å²) >= 11 is 0. The molecule has 1 aliphatic carbocycles. The van der Waals surface area contributed by atoms with Gasteiger partial charge in [-0.3, -0.25) is 4.98 Å². The highest BCUT2D eigenvalue weighted by molar-refractivity contribution is 6.19. The summed E-state index contributed by atoms with van der Waals surface area (Å²) in [6.45, 7) is 2.39. The molecule has 2 nitrogen and oxygen atoms in total. The van der Waals surface area contributed by atoms with Crippen LogP contribution in [0.25, 0.3) is 54.6 Å². The van der Waals surface area contributed by atoms with Gasteiger partial charge in [-0.1, -0.05) is 122 Å². The monoisotopic (exact) mass is 552 g/mol. The Morgan fingerprint density at radius 3 is 2.09 bits per heavy atom. The molecule has 43 heavy (non-hydrogen) atoms. The number of allylic oxidation sites excluding steroid dienone is 5. The zero-order valence-electron chi connectivity index (χ0n) is 24.1. The second kappa shape index (κ2) is 10.6. The lowest BCUT2D eigenvalue weighted by Gasteiger charge is -2.34. The highest BCUT2D eigenvalue weighted by Crippen LogP contribution is 2.46. The summed E-state index contributed by atoms with van der Waals surface area (Å²) in [4.78, 5) is 4.35. The molecule has 8 rings (SSSR count). The van der Waals surface area contributed by atoms with E-state index in [4.69, 9.17) is 0 Å². The number of nitrogens with one attached hydrogen (secondary N) is 1. The highest BCUT2D eigenvalue weighted by atomic mass is 14.9. The summed E-state index contributed by atoms with van der Waals surface area (Å²) in [5.41, 5.74) is 7.66. The minimum Gasteiger partial charge on any atom is -0.384 e. The Hall–Kier alpha value is -5.21. The minimum absolute atomic E-state index is 0.185. The van der Waals surface area contributed by atoms with Crippen LogP contribution in [0, 0.1) is 11.8 Å². The molecule has 0 fully saturated rings. The molecule has 2 heterocycles. The molecule has 0 spiro atoms. The molecule has 5 aromatic carbocycles. The van der Waals surface area contributed by atoms with Crippen molar-refractivity contribution in [2.24, 2.45) is 11.8 Å². The molecule has 3 atom stereocenters. The Bertz CT molecular complexity index is 2070. The zero-order chi connectivity index (χ0) is 28.8. The third-order valence-corrected chi connectivity index (χ3v) is 9.26. The van der Waals surface area contributed by atoms with E-state index in [1.165, 1.54) is 60.2 Å². The van der Waals surface area contributed by atoms with Crippen molar-refractivity contribution in [2.75, 3.05) is 0 Å². The maximum Gasteiger partial charge on any atom is 0.0516 e. The lowest BCUT2D eigenvalue weighted by Crippen LogP contribution is -2.36. The van der Waals surface area contributed by atoms with Crippen LogP contribution in [0.5, 0.6) is 0 Å². The number of rotatable bonds is 4. The number of aromatic nitrogens is 1. The number of dihydropyridines is 1. The van der Waals surface area contributed by atoms with Crippen LogP contribution >= 0.6 is 0 Å². The van der Waals surface area contributed by atoms with Crippen molar-refractivity contribution in [3.63, 3.8) is 0 Å². The number of hydrogen-bond acceptors (Lipinski definition) is 2. The second-order valence-electron chi connectivity index (χ2n) is 11.7. The van der Waals surface area contributed by atoms with Gasteiger partial charge in [0.05, 0.1) is 6.04 Å². The average molecular weight is 553 g/mol. The van der Waals surface area contributed by atoms with Gasteiger partial charge in [-0.15, -0.1) is 0 Å². The number of nitrogens with zero attached hydrogens (tertiary/aromatic N) is 1. The molecule has 206 valence electrons. The number of benzene rings is 5. The van der Waals surface area contributed by atoms with Gasteiger partial charge in [0.1, 0.15) is 0 Å². The maximum absolute atomic E-state index is 4.35. The minimum atomic E-state index is 0.185. The third-order valence-electron chi connectivity index (χ3n) is 9.26. The van der Waals surface area contributed by atoms with Gasteiger partial charge in [0, 0.05) is 18.3 Å². The maximum atomic E-state index is 4.35. The van der Waals surface area contributed by atoms with Crippen molar-refractivity contribution in [3.05, 3.63) is 163 Å². The van der Waals surface area contributed by atoms with Gasteiger partial charge in [0.15, 0.2) is 0 Å². The molecule has 0 saturated carbocycles. The van der Waals surface area contributed by atoms with Crippen molar-refractivity contribution in [1.82, 2.24) is 10.3 Å². The molecule has 2 aliphatic rings. The normalized spacial score (nSPS) is 19.8. The molecule has 6 aromatic rings. The van der Waals surface area contributed by atoms with Gasteiger partial charge in [-0.25, -0.2) is 0 Å². The fourth-order valence-electron chi connectivity index (χ4n) is 7.14. The van der Waals surface area contributed by atoms with E-state index in [0.717, 1.165) is 5.56 Å². The van der Waals surface area contributed by atoms with Crippen molar-refractivity contribution in [2.45, 2.75) is 13.0 Å². The molecular formula is C41H32N2. The van der Waals surface area contributed by atoms with Crippen molar-refractivity contribution < 1.29 is 0 Å². The molecule has 1 aromatic heterocycles. The van der Waals surface area contributed by atoms with E-state index in [9.17, 15) is 0 Å². The first-order valence-electron chi connectivity index (χ1n) is 15.1. The summed E-state index contributed by atoms with van der Waals surface area (Å²) in [5.74, 6) is 0.605. The van der Waals surface area contributed by atoms with Crippen LogP contribution in [0.4, 0.5) is 0 Å². The molecule has 3 unspecified atom stereocenters. The molecule has 0 amide bonds. The van der Waals surface area contributed by atoms with Gasteiger partial charge >= 0.3 is 0 Å². The summed E-state index contributed by atoms with van der Waals surface area (Å²) in [5, 5.41) is 11.4. The molecular weight excluding hydrogens is 520 g/mol. The smallest absolute Gasteiger partial charge is 0.0516 e. The average Bonchev–Trinajstić information content (AvgIpc) is 3.08. The van der Waals surface area contributed by atoms with E-state index in [1.54, 1.807) is 0 Å². The zero-order valence-corrected chi connectivity index (χ0v) is 24.1. The quantitative estimate of drug-likeness (QED) is 0.220. The summed E-state index contributed by atoms with van der Waals surface area (Å²) < 4.78 is 0. The predicted octanol–water partition coefficient (Wildman–Crippen LogP) is 9.98. The van der Waals surface area contributed by atoms with Crippen LogP contribution < -0.4 is 5.32 Å². The Morgan fingerprint density at radius 2 is 1.37 bits per heavy atom. The Balaban J connectivity index is 1.28. The van der Waals surface area contributed by atoms with E-state index in [1.807, 2.05) is 18.5 Å². The SMILES string of the molecule is CC1C(c2c3ccccc3c(-c3ccc4ccccc4c3)c3ccccc23)=CC=CC1C1C=C(c2cccnc2)C=CN1. The van der Waals surface area contributed by atoms with Crippen molar-refractivity contribution in [1.29, 1.82) is 0 Å². The lowest BCUT2D eigenvalue weighted by atomic mass is 9.73. The van der Waals surface area contributed by atoms with Gasteiger partial charge in [-0.05, 0) is 96.0 Å². The van der Waals surface area contributed by atoms with Gasteiger partial charge in [-0.2, -0.15) is 0 Å². The lowest BCUT2D eigenvalue weighted by molar-refractivity contribution is 0.437. The van der Waals surface area contributed by atoms with E-state index >= 15 is 0 Å². The van der Waals surface area contributed by atoms with Crippen LogP contribution in [0.2, 0.25) is 0 Å². The summed E-state index contributed by atoms with van der Waals surface area (Å²) in [6, 6.07) is 37.8. The highest BCUT2D eigenvalue weighted by Gasteiger charge is 2.31. The van der Waals surface area contributed by atoms with Crippen LogP contribution in [-0.4, -0.2) is 11.0 Å². The largest absolute Gasteiger partial charge is 0.384 e. The van der Waals surface area contributed by atoms with Crippen LogP contribution in [-0.2, 0) is 0 Å². The van der Waals surface area contributed by atoms with Crippen molar-refractivity contribution in [3.8, 4) is 11.1 Å². The Morgan fingerprint density at radius 1 is 0.674 bits per heavy atom. The number of fused-ring (bicyclic) bond motifs is 3. The van der Waals surface area contributed by atoms with Crippen LogP contribution in [0.15, 0.2) is 152 Å². The summed E-state index contributed by atoms with van der Waals surface area (Å²) in [6.07, 6.45) is 17.4. The van der Waals surface area contributed by atoms with E-state index in [-0.39, 0.29) is 6.04 Å². The Kier molecular flexibility index (Phi) is 6.26. The third kappa shape index (κ3) is 4.38. The molecule has 0 bridgehead atoms. The fraction of sp³-hybridized carbons (Fsp3) is 0.0976. The van der Waals surface area contributed by atoms with Crippen LogP contribution in [0.1, 0.15) is 18.1 Å². The predicted molar refractivity (Wildman–Crippen MR) is 182 cm³/mol. The molecule has 0 radical (unpaired) electrons. The number of pyridine rings is 1. The number of hydrogen-bond donors (Lipinski definition) is 1. The fourth-order valence-corrected chi connectivity index (χ4v) is 7.14. The first kappa shape index (κ1) is 25.5. The molecule has 2 heteroatoms. The van der Waals surface area contributed by atoms with Gasteiger partial charge in [0.2, 0.25) is 0 Å². The van der Waals surface area contributed by atoms with Crippen LogP contribution in [0.3, 0.4) is 0 Å². The first-order valence-corrected chi connectivity index (χ1v) is 15.1. The van der Waals surface area contributed by atoms with Crippen molar-refractivity contribution >= 4 is 43.5 Å². The van der Waals surface area contributed by atoms with E-state index in [2.05, 4.69) is 151 Å². The topological polar surface area (TPSA) is 24.9 Å². The summed E-state index contributed by atoms with van der Waals surface area (Å²) in [7, 11) is 0. The second-order valence-corrected chi connectivity index (χ2v) is 11.7. The molecule has 1 N–H and O–H groups in total. The van der Waals surface area contributed by atoms with Gasteiger partial charge in [0.25, 0.3) is 0 Å². The standard InChI is InChI=1S/C41H32N2/c1-27-33(39-25-30(21-23-43-39)32-12-9-22-42-26-32)17-8-18-34(27)41-37-15-6-4-13-35(37)40(36-14-5-7-16-38(36)41)31-20-19-28-10-2-3-11-29(28)24-31/h2-27,33,39,43H,1H3.